The molecule has 0 aliphatic heterocycles. The Bertz CT molecular complexity index is 903. The average molecular weight is 412 g/mol. The minimum atomic E-state index is -0.331. The molecule has 0 bridgehead atoms. The Kier molecular flexibility index (Phi) is 6.82. The second kappa shape index (κ2) is 9.52. The van der Waals surface area contributed by atoms with Crippen LogP contribution < -0.4 is 19.5 Å². The summed E-state index contributed by atoms with van der Waals surface area (Å²) in [5, 5.41) is 2.82. The number of ether oxygens (including phenoxy) is 3. The number of nitrogens with zero attached hydrogens (tertiary/aromatic N) is 1. The molecule has 0 aromatic heterocycles. The van der Waals surface area contributed by atoms with Crippen LogP contribution in [0.15, 0.2) is 36.4 Å². The number of nitrogens with one attached hydrogen (secondary N) is 1. The Morgan fingerprint density at radius 3 is 2.13 bits per heavy atom. The molecule has 2 aromatic carbocycles. The van der Waals surface area contributed by atoms with E-state index < -0.39 is 0 Å². The third kappa shape index (κ3) is 4.84. The second-order valence-electron chi connectivity index (χ2n) is 7.46. The van der Waals surface area contributed by atoms with Gasteiger partial charge in [0.15, 0.2) is 11.5 Å². The lowest BCUT2D eigenvalue weighted by molar-refractivity contribution is 0.0828. The minimum absolute atomic E-state index is 0.258. The lowest BCUT2D eigenvalue weighted by Gasteiger charge is -2.18. The molecule has 0 atom stereocenters. The molecular formula is C23H28N2O5. The van der Waals surface area contributed by atoms with Crippen molar-refractivity contribution >= 4 is 17.5 Å². The summed E-state index contributed by atoms with van der Waals surface area (Å²) in [4.78, 5) is 26.9. The molecule has 1 fully saturated rings. The van der Waals surface area contributed by atoms with E-state index in [4.69, 9.17) is 14.2 Å². The van der Waals surface area contributed by atoms with Crippen LogP contribution >= 0.6 is 0 Å². The van der Waals surface area contributed by atoms with Gasteiger partial charge in [-0.05, 0) is 56.0 Å². The van der Waals surface area contributed by atoms with Crippen molar-refractivity contribution in [2.75, 3.05) is 33.6 Å². The molecule has 3 rings (SSSR count). The molecule has 7 heteroatoms. The fourth-order valence-electron chi connectivity index (χ4n) is 3.48. The molecule has 0 radical (unpaired) electrons. The number of carbonyl (C=O) groups excluding carboxylic acids is 2. The van der Waals surface area contributed by atoms with Crippen molar-refractivity contribution < 1.29 is 23.8 Å². The molecule has 1 N–H and O–H groups in total. The topological polar surface area (TPSA) is 77.1 Å². The maximum atomic E-state index is 12.8. The van der Waals surface area contributed by atoms with E-state index in [1.807, 2.05) is 0 Å². The number of hydrogen-bond acceptors (Lipinski definition) is 5. The van der Waals surface area contributed by atoms with E-state index in [2.05, 4.69) is 5.32 Å². The van der Waals surface area contributed by atoms with Crippen molar-refractivity contribution in [3.05, 3.63) is 47.5 Å². The summed E-state index contributed by atoms with van der Waals surface area (Å²) in [7, 11) is 6.29. The van der Waals surface area contributed by atoms with Crippen LogP contribution in [0.2, 0.25) is 0 Å². The van der Waals surface area contributed by atoms with Gasteiger partial charge in [-0.3, -0.25) is 9.59 Å². The highest BCUT2D eigenvalue weighted by atomic mass is 16.5. The van der Waals surface area contributed by atoms with E-state index in [0.29, 0.717) is 28.3 Å². The lowest BCUT2D eigenvalue weighted by atomic mass is 10.1. The van der Waals surface area contributed by atoms with Crippen molar-refractivity contribution in [3.63, 3.8) is 0 Å². The first-order valence-electron chi connectivity index (χ1n) is 9.98. The summed E-state index contributed by atoms with van der Waals surface area (Å²) in [5.74, 6) is 1.000. The maximum absolute atomic E-state index is 12.8. The van der Waals surface area contributed by atoms with Crippen molar-refractivity contribution in [2.45, 2.75) is 31.8 Å². The molecule has 30 heavy (non-hydrogen) atoms. The van der Waals surface area contributed by atoms with Crippen LogP contribution in [0.4, 0.5) is 5.69 Å². The standard InChI is InChI=1S/C23H28N2O5/c1-25(2)23(27)18-13-20(28-3)21(29-4)14-19(18)24-22(26)15-9-11-17(12-10-15)30-16-7-5-6-8-16/h9-14,16H,5-8H2,1-4H3,(H,24,26). The predicted molar refractivity (Wildman–Crippen MR) is 115 cm³/mol. The quantitative estimate of drug-likeness (QED) is 0.744. The molecule has 0 unspecified atom stereocenters. The number of benzene rings is 2. The SMILES string of the molecule is COc1cc(NC(=O)c2ccc(OC3CCCC3)cc2)c(C(=O)N(C)C)cc1OC. The lowest BCUT2D eigenvalue weighted by Crippen LogP contribution is -2.24. The van der Waals surface area contributed by atoms with E-state index in [0.717, 1.165) is 18.6 Å². The van der Waals surface area contributed by atoms with Gasteiger partial charge >= 0.3 is 0 Å². The highest BCUT2D eigenvalue weighted by molar-refractivity contribution is 6.09. The highest BCUT2D eigenvalue weighted by Crippen LogP contribution is 2.34. The predicted octanol–water partition coefficient (Wildman–Crippen LogP) is 3.98. The minimum Gasteiger partial charge on any atom is -0.493 e. The smallest absolute Gasteiger partial charge is 0.255 e. The number of carbonyl (C=O) groups is 2. The zero-order chi connectivity index (χ0) is 21.7. The largest absolute Gasteiger partial charge is 0.493 e. The Morgan fingerprint density at radius 1 is 0.967 bits per heavy atom. The molecule has 0 spiro atoms. The van der Waals surface area contributed by atoms with E-state index in [9.17, 15) is 9.59 Å². The van der Waals surface area contributed by atoms with Gasteiger partial charge in [0.25, 0.3) is 11.8 Å². The molecule has 1 saturated carbocycles. The highest BCUT2D eigenvalue weighted by Gasteiger charge is 2.21. The molecule has 1 aliphatic carbocycles. The van der Waals surface area contributed by atoms with E-state index in [-0.39, 0.29) is 17.9 Å². The van der Waals surface area contributed by atoms with E-state index in [1.165, 1.54) is 32.0 Å². The first-order chi connectivity index (χ1) is 14.4. The Labute approximate surface area is 176 Å². The van der Waals surface area contributed by atoms with Gasteiger partial charge < -0.3 is 24.4 Å². The van der Waals surface area contributed by atoms with Crippen molar-refractivity contribution in [1.82, 2.24) is 4.90 Å². The van der Waals surface area contributed by atoms with Gasteiger partial charge in [0.1, 0.15) is 5.75 Å². The first kappa shape index (κ1) is 21.5. The van der Waals surface area contributed by atoms with Crippen molar-refractivity contribution in [1.29, 1.82) is 0 Å². The fourth-order valence-corrected chi connectivity index (χ4v) is 3.48. The maximum Gasteiger partial charge on any atom is 0.255 e. The summed E-state index contributed by atoms with van der Waals surface area (Å²) in [5.41, 5.74) is 1.13. The van der Waals surface area contributed by atoms with Crippen LogP contribution in [-0.2, 0) is 0 Å². The van der Waals surface area contributed by atoms with Crippen LogP contribution in [0.1, 0.15) is 46.4 Å². The summed E-state index contributed by atoms with van der Waals surface area (Å²) in [6.07, 6.45) is 4.81. The molecule has 2 amide bonds. The molecule has 7 nitrogen and oxygen atoms in total. The van der Waals surface area contributed by atoms with Crippen LogP contribution in [0.5, 0.6) is 17.2 Å². The van der Waals surface area contributed by atoms with Gasteiger partial charge in [0, 0.05) is 25.7 Å². The first-order valence-corrected chi connectivity index (χ1v) is 9.98. The number of amides is 2. The Hall–Kier alpha value is -3.22. The molecule has 160 valence electrons. The summed E-state index contributed by atoms with van der Waals surface area (Å²) >= 11 is 0. The summed E-state index contributed by atoms with van der Waals surface area (Å²) in [6, 6.07) is 10.2. The number of rotatable bonds is 7. The summed E-state index contributed by atoms with van der Waals surface area (Å²) < 4.78 is 16.6. The molecule has 1 aliphatic rings. The molecular weight excluding hydrogens is 384 g/mol. The van der Waals surface area contributed by atoms with Gasteiger partial charge in [0.2, 0.25) is 0 Å². The zero-order valence-electron chi connectivity index (χ0n) is 17.9. The monoisotopic (exact) mass is 412 g/mol. The molecule has 0 saturated heterocycles. The Morgan fingerprint density at radius 2 is 1.57 bits per heavy atom. The number of anilines is 1. The zero-order valence-corrected chi connectivity index (χ0v) is 17.9. The third-order valence-electron chi connectivity index (χ3n) is 5.13. The van der Waals surface area contributed by atoms with Gasteiger partial charge in [-0.2, -0.15) is 0 Å². The molecule has 2 aromatic rings. The number of hydrogen-bond donors (Lipinski definition) is 1. The Balaban J connectivity index is 1.81. The summed E-state index contributed by atoms with van der Waals surface area (Å²) in [6.45, 7) is 0. The molecule has 0 heterocycles. The van der Waals surface area contributed by atoms with Crippen LogP contribution in [0, 0.1) is 0 Å². The van der Waals surface area contributed by atoms with Crippen LogP contribution in [0.3, 0.4) is 0 Å². The second-order valence-corrected chi connectivity index (χ2v) is 7.46. The van der Waals surface area contributed by atoms with Crippen LogP contribution in [-0.4, -0.2) is 51.1 Å². The van der Waals surface area contributed by atoms with E-state index >= 15 is 0 Å². The number of methoxy groups -OCH3 is 2. The van der Waals surface area contributed by atoms with Gasteiger partial charge in [-0.15, -0.1) is 0 Å². The van der Waals surface area contributed by atoms with Crippen molar-refractivity contribution in [3.8, 4) is 17.2 Å². The van der Waals surface area contributed by atoms with E-state index in [1.54, 1.807) is 50.5 Å². The van der Waals surface area contributed by atoms with Gasteiger partial charge in [-0.25, -0.2) is 0 Å². The normalized spacial score (nSPS) is 13.6. The van der Waals surface area contributed by atoms with Crippen LogP contribution in [0.25, 0.3) is 0 Å². The van der Waals surface area contributed by atoms with Gasteiger partial charge in [-0.1, -0.05) is 0 Å². The van der Waals surface area contributed by atoms with Crippen molar-refractivity contribution in [2.24, 2.45) is 0 Å². The average Bonchev–Trinajstić information content (AvgIpc) is 3.26. The fraction of sp³-hybridized carbons (Fsp3) is 0.391. The third-order valence-corrected chi connectivity index (χ3v) is 5.13. The van der Waals surface area contributed by atoms with Gasteiger partial charge in [0.05, 0.1) is 31.6 Å².